The van der Waals surface area contributed by atoms with Crippen LogP contribution in [-0.4, -0.2) is 17.9 Å². The average molecular weight is 222 g/mol. The maximum atomic E-state index is 11.6. The van der Waals surface area contributed by atoms with Crippen molar-refractivity contribution in [2.45, 2.75) is 32.4 Å². The lowest BCUT2D eigenvalue weighted by Gasteiger charge is -2.09. The number of hydrogen-bond donors (Lipinski definition) is 2. The summed E-state index contributed by atoms with van der Waals surface area (Å²) in [6.07, 6.45) is 1.000. The first-order chi connectivity index (χ1) is 7.65. The maximum Gasteiger partial charge on any atom is 0.242 e. The summed E-state index contributed by atoms with van der Waals surface area (Å²) >= 11 is 0. The summed E-state index contributed by atoms with van der Waals surface area (Å²) in [5.41, 5.74) is 0. The Hall–Kier alpha value is -1.78. The Bertz CT molecular complexity index is 411. The van der Waals surface area contributed by atoms with Gasteiger partial charge in [0, 0.05) is 6.42 Å². The number of aryl methyl sites for hydroxylation is 1. The number of amides is 2. The van der Waals surface area contributed by atoms with Crippen LogP contribution in [0.5, 0.6) is 0 Å². The van der Waals surface area contributed by atoms with Crippen molar-refractivity contribution < 1.29 is 14.0 Å². The van der Waals surface area contributed by atoms with Gasteiger partial charge in [-0.05, 0) is 25.5 Å². The third-order valence-electron chi connectivity index (χ3n) is 2.54. The van der Waals surface area contributed by atoms with E-state index in [1.54, 1.807) is 0 Å². The van der Waals surface area contributed by atoms with Crippen LogP contribution in [0.15, 0.2) is 16.5 Å². The molecule has 1 saturated heterocycles. The Kier molecular flexibility index (Phi) is 2.94. The van der Waals surface area contributed by atoms with Crippen LogP contribution in [0.2, 0.25) is 0 Å². The van der Waals surface area contributed by atoms with Gasteiger partial charge in [-0.25, -0.2) is 0 Å². The van der Waals surface area contributed by atoms with Crippen molar-refractivity contribution in [3.05, 3.63) is 23.7 Å². The van der Waals surface area contributed by atoms with Crippen molar-refractivity contribution in [1.29, 1.82) is 0 Å². The van der Waals surface area contributed by atoms with Crippen LogP contribution >= 0.6 is 0 Å². The first-order valence-corrected chi connectivity index (χ1v) is 5.27. The maximum absolute atomic E-state index is 11.6. The largest absolute Gasteiger partial charge is 0.465 e. The summed E-state index contributed by atoms with van der Waals surface area (Å²) in [5.74, 6) is 1.32. The molecule has 16 heavy (non-hydrogen) atoms. The summed E-state index contributed by atoms with van der Waals surface area (Å²) in [6.45, 7) is 2.21. The highest BCUT2D eigenvalue weighted by atomic mass is 16.3. The second kappa shape index (κ2) is 4.38. The van der Waals surface area contributed by atoms with E-state index in [2.05, 4.69) is 10.6 Å². The molecule has 1 atom stereocenters. The van der Waals surface area contributed by atoms with Crippen LogP contribution in [0.3, 0.4) is 0 Å². The first kappa shape index (κ1) is 10.7. The number of nitrogens with one attached hydrogen (secondary N) is 2. The van der Waals surface area contributed by atoms with Crippen LogP contribution in [0.4, 0.5) is 0 Å². The Labute approximate surface area is 93.2 Å². The van der Waals surface area contributed by atoms with Crippen molar-refractivity contribution >= 4 is 11.8 Å². The molecule has 1 aliphatic heterocycles. The smallest absolute Gasteiger partial charge is 0.242 e. The molecule has 1 aromatic rings. The third-order valence-corrected chi connectivity index (χ3v) is 2.54. The summed E-state index contributed by atoms with van der Waals surface area (Å²) in [4.78, 5) is 22.5. The van der Waals surface area contributed by atoms with E-state index in [0.29, 0.717) is 19.4 Å². The van der Waals surface area contributed by atoms with Gasteiger partial charge in [0.05, 0.1) is 6.54 Å². The van der Waals surface area contributed by atoms with E-state index in [9.17, 15) is 9.59 Å². The van der Waals surface area contributed by atoms with Crippen molar-refractivity contribution in [1.82, 2.24) is 10.6 Å². The second-order valence-corrected chi connectivity index (χ2v) is 3.89. The van der Waals surface area contributed by atoms with Gasteiger partial charge in [-0.1, -0.05) is 0 Å². The van der Waals surface area contributed by atoms with E-state index in [4.69, 9.17) is 4.42 Å². The molecule has 2 rings (SSSR count). The molecule has 5 heteroatoms. The van der Waals surface area contributed by atoms with Gasteiger partial charge >= 0.3 is 0 Å². The van der Waals surface area contributed by atoms with Crippen LogP contribution in [0.25, 0.3) is 0 Å². The van der Waals surface area contributed by atoms with E-state index >= 15 is 0 Å². The molecule has 2 amide bonds. The molecule has 2 N–H and O–H groups in total. The second-order valence-electron chi connectivity index (χ2n) is 3.89. The van der Waals surface area contributed by atoms with Crippen molar-refractivity contribution in [2.24, 2.45) is 0 Å². The molecule has 0 bridgehead atoms. The van der Waals surface area contributed by atoms with Gasteiger partial charge in [0.15, 0.2) is 0 Å². The van der Waals surface area contributed by atoms with Gasteiger partial charge in [-0.15, -0.1) is 0 Å². The molecule has 1 fully saturated rings. The Morgan fingerprint density at radius 2 is 2.44 bits per heavy atom. The van der Waals surface area contributed by atoms with Crippen molar-refractivity contribution in [3.8, 4) is 0 Å². The fourth-order valence-electron chi connectivity index (χ4n) is 1.69. The zero-order valence-corrected chi connectivity index (χ0v) is 9.08. The number of carbonyl (C=O) groups is 2. The summed E-state index contributed by atoms with van der Waals surface area (Å²) in [5, 5.41) is 5.34. The van der Waals surface area contributed by atoms with Gasteiger partial charge in [0.25, 0.3) is 0 Å². The highest BCUT2D eigenvalue weighted by Gasteiger charge is 2.26. The molecule has 1 aromatic heterocycles. The predicted octanol–water partition coefficient (Wildman–Crippen LogP) is 0.483. The lowest BCUT2D eigenvalue weighted by Crippen LogP contribution is -2.41. The predicted molar refractivity (Wildman–Crippen MR) is 56.5 cm³/mol. The highest BCUT2D eigenvalue weighted by molar-refractivity contribution is 5.90. The number of carbonyl (C=O) groups excluding carboxylic acids is 2. The Morgan fingerprint density at radius 1 is 1.62 bits per heavy atom. The molecular formula is C11H14N2O3. The van der Waals surface area contributed by atoms with Gasteiger partial charge in [-0.2, -0.15) is 0 Å². The van der Waals surface area contributed by atoms with Crippen LogP contribution in [-0.2, 0) is 16.1 Å². The average Bonchev–Trinajstić information content (AvgIpc) is 2.84. The zero-order valence-electron chi connectivity index (χ0n) is 9.08. The summed E-state index contributed by atoms with van der Waals surface area (Å²) in [6, 6.07) is 3.28. The molecule has 0 saturated carbocycles. The summed E-state index contributed by atoms with van der Waals surface area (Å²) < 4.78 is 5.32. The minimum absolute atomic E-state index is 0.0611. The molecule has 0 spiro atoms. The zero-order chi connectivity index (χ0) is 11.5. The lowest BCUT2D eigenvalue weighted by atomic mass is 10.2. The highest BCUT2D eigenvalue weighted by Crippen LogP contribution is 2.08. The SMILES string of the molecule is Cc1ccc(CNC(=O)C2CCC(=O)N2)o1. The van der Waals surface area contributed by atoms with Gasteiger partial charge in [0.1, 0.15) is 17.6 Å². The van der Waals surface area contributed by atoms with E-state index in [1.165, 1.54) is 0 Å². The van der Waals surface area contributed by atoms with Gasteiger partial charge in [-0.3, -0.25) is 9.59 Å². The molecule has 1 aliphatic rings. The van der Waals surface area contributed by atoms with E-state index in [1.807, 2.05) is 19.1 Å². The fourth-order valence-corrected chi connectivity index (χ4v) is 1.69. The Morgan fingerprint density at radius 3 is 3.00 bits per heavy atom. The molecule has 1 unspecified atom stereocenters. The Balaban J connectivity index is 1.82. The summed E-state index contributed by atoms with van der Waals surface area (Å²) in [7, 11) is 0. The number of furan rings is 1. The lowest BCUT2D eigenvalue weighted by molar-refractivity contribution is -0.125. The molecule has 2 heterocycles. The van der Waals surface area contributed by atoms with E-state index in [-0.39, 0.29) is 17.9 Å². The number of rotatable bonds is 3. The van der Waals surface area contributed by atoms with Crippen LogP contribution in [0, 0.1) is 6.92 Å². The van der Waals surface area contributed by atoms with E-state index in [0.717, 1.165) is 11.5 Å². The minimum atomic E-state index is -0.386. The quantitative estimate of drug-likeness (QED) is 0.781. The van der Waals surface area contributed by atoms with Gasteiger partial charge in [0.2, 0.25) is 11.8 Å². The third kappa shape index (κ3) is 2.42. The number of hydrogen-bond acceptors (Lipinski definition) is 3. The first-order valence-electron chi connectivity index (χ1n) is 5.27. The molecular weight excluding hydrogens is 208 g/mol. The fraction of sp³-hybridized carbons (Fsp3) is 0.455. The normalized spacial score (nSPS) is 19.6. The van der Waals surface area contributed by atoms with Crippen molar-refractivity contribution in [3.63, 3.8) is 0 Å². The topological polar surface area (TPSA) is 71.3 Å². The standard InChI is InChI=1S/C11H14N2O3/c1-7-2-3-8(16-7)6-12-11(15)9-4-5-10(14)13-9/h2-3,9H,4-6H2,1H3,(H,12,15)(H,13,14). The molecule has 86 valence electrons. The van der Waals surface area contributed by atoms with E-state index < -0.39 is 0 Å². The van der Waals surface area contributed by atoms with Crippen LogP contribution in [0.1, 0.15) is 24.4 Å². The van der Waals surface area contributed by atoms with Gasteiger partial charge < -0.3 is 15.1 Å². The molecule has 0 radical (unpaired) electrons. The van der Waals surface area contributed by atoms with Crippen LogP contribution < -0.4 is 10.6 Å². The van der Waals surface area contributed by atoms with Crippen molar-refractivity contribution in [2.75, 3.05) is 0 Å². The molecule has 5 nitrogen and oxygen atoms in total. The minimum Gasteiger partial charge on any atom is -0.465 e. The molecule has 0 aliphatic carbocycles. The molecule has 0 aromatic carbocycles. The monoisotopic (exact) mass is 222 g/mol.